The second kappa shape index (κ2) is 8.07. The van der Waals surface area contributed by atoms with Gasteiger partial charge in [-0.25, -0.2) is 9.18 Å². The van der Waals surface area contributed by atoms with E-state index in [2.05, 4.69) is 10.3 Å². The van der Waals surface area contributed by atoms with Gasteiger partial charge in [0.1, 0.15) is 5.82 Å². The largest absolute Gasteiger partial charge is 0.381 e. The molecule has 132 valence electrons. The second-order valence-electron chi connectivity index (χ2n) is 6.30. The predicted molar refractivity (Wildman–Crippen MR) is 92.6 cm³/mol. The van der Waals surface area contributed by atoms with Gasteiger partial charge in [0.15, 0.2) is 0 Å². The van der Waals surface area contributed by atoms with Crippen LogP contribution in [-0.2, 0) is 4.74 Å². The molecule has 2 aromatic rings. The van der Waals surface area contributed by atoms with Gasteiger partial charge in [0.05, 0.1) is 18.3 Å². The van der Waals surface area contributed by atoms with Crippen LogP contribution in [0.15, 0.2) is 48.7 Å². The van der Waals surface area contributed by atoms with Gasteiger partial charge >= 0.3 is 6.03 Å². The fraction of sp³-hybridized carbons (Fsp3) is 0.368. The van der Waals surface area contributed by atoms with E-state index in [9.17, 15) is 9.18 Å². The molecule has 0 aliphatic carbocycles. The molecule has 3 rings (SSSR count). The summed E-state index contributed by atoms with van der Waals surface area (Å²) in [5, 5.41) is 3.00. The maximum Gasteiger partial charge on any atom is 0.317 e. The fourth-order valence-electron chi connectivity index (χ4n) is 2.96. The molecular formula is C19H22FN3O2. The van der Waals surface area contributed by atoms with Crippen LogP contribution in [0.4, 0.5) is 9.18 Å². The molecule has 2 amide bonds. The van der Waals surface area contributed by atoms with Crippen molar-refractivity contribution in [1.29, 1.82) is 0 Å². The highest BCUT2D eigenvalue weighted by Gasteiger charge is 2.23. The van der Waals surface area contributed by atoms with Crippen molar-refractivity contribution in [2.45, 2.75) is 12.5 Å². The number of halogens is 1. The van der Waals surface area contributed by atoms with E-state index in [-0.39, 0.29) is 11.8 Å². The Labute approximate surface area is 146 Å². The van der Waals surface area contributed by atoms with Crippen LogP contribution in [0.2, 0.25) is 0 Å². The number of rotatable bonds is 5. The van der Waals surface area contributed by atoms with Gasteiger partial charge in [-0.05, 0) is 36.2 Å². The molecule has 1 aromatic heterocycles. The number of benzene rings is 1. The van der Waals surface area contributed by atoms with Crippen molar-refractivity contribution in [3.63, 3.8) is 0 Å². The summed E-state index contributed by atoms with van der Waals surface area (Å²) in [6.07, 6.45) is 2.65. The number of hydrogen-bond acceptors (Lipinski definition) is 3. The summed E-state index contributed by atoms with van der Waals surface area (Å²) in [6.45, 7) is 2.09. The molecule has 1 aliphatic rings. The van der Waals surface area contributed by atoms with Gasteiger partial charge < -0.3 is 15.0 Å². The van der Waals surface area contributed by atoms with E-state index < -0.39 is 6.04 Å². The zero-order chi connectivity index (χ0) is 17.6. The van der Waals surface area contributed by atoms with Crippen LogP contribution in [0, 0.1) is 11.7 Å². The normalized spacial score (nSPS) is 17.9. The number of carbonyl (C=O) groups is 1. The molecule has 25 heavy (non-hydrogen) atoms. The molecule has 0 radical (unpaired) electrons. The number of nitrogens with zero attached hydrogens (tertiary/aromatic N) is 2. The fourth-order valence-corrected chi connectivity index (χ4v) is 2.96. The zero-order valence-corrected chi connectivity index (χ0v) is 14.2. The molecule has 0 bridgehead atoms. The van der Waals surface area contributed by atoms with E-state index >= 15 is 0 Å². The summed E-state index contributed by atoms with van der Waals surface area (Å²) in [5.74, 6) is 0.0584. The lowest BCUT2D eigenvalue weighted by Gasteiger charge is -2.25. The number of amides is 2. The lowest BCUT2D eigenvalue weighted by Crippen LogP contribution is -2.42. The molecule has 5 nitrogen and oxygen atoms in total. The summed E-state index contributed by atoms with van der Waals surface area (Å²) >= 11 is 0. The quantitative estimate of drug-likeness (QED) is 0.908. The first kappa shape index (κ1) is 17.4. The highest BCUT2D eigenvalue weighted by atomic mass is 19.1. The van der Waals surface area contributed by atoms with Gasteiger partial charge in [-0.1, -0.05) is 18.2 Å². The Morgan fingerprint density at radius 1 is 1.36 bits per heavy atom. The Bertz CT molecular complexity index is 688. The molecule has 0 spiro atoms. The van der Waals surface area contributed by atoms with Crippen LogP contribution in [0.1, 0.15) is 23.7 Å². The van der Waals surface area contributed by atoms with Gasteiger partial charge in [0.2, 0.25) is 0 Å². The van der Waals surface area contributed by atoms with Crippen molar-refractivity contribution >= 4 is 6.03 Å². The molecular weight excluding hydrogens is 321 g/mol. The Morgan fingerprint density at radius 3 is 2.80 bits per heavy atom. The summed E-state index contributed by atoms with van der Waals surface area (Å²) < 4.78 is 18.6. The Hall–Kier alpha value is -2.47. The zero-order valence-electron chi connectivity index (χ0n) is 14.2. The number of ether oxygens (including phenoxy) is 1. The van der Waals surface area contributed by atoms with Crippen LogP contribution in [0.5, 0.6) is 0 Å². The van der Waals surface area contributed by atoms with Crippen molar-refractivity contribution in [3.8, 4) is 0 Å². The minimum atomic E-state index is -0.434. The lowest BCUT2D eigenvalue weighted by molar-refractivity contribution is 0.171. The smallest absolute Gasteiger partial charge is 0.317 e. The molecule has 2 heterocycles. The molecule has 2 atom stereocenters. The van der Waals surface area contributed by atoms with E-state index in [0.717, 1.165) is 18.6 Å². The summed E-state index contributed by atoms with van der Waals surface area (Å²) in [6, 6.07) is 11.0. The highest BCUT2D eigenvalue weighted by Crippen LogP contribution is 2.21. The Morgan fingerprint density at radius 2 is 2.16 bits per heavy atom. The lowest BCUT2D eigenvalue weighted by atomic mass is 10.0. The van der Waals surface area contributed by atoms with Crippen molar-refractivity contribution in [1.82, 2.24) is 15.2 Å². The molecule has 1 aliphatic heterocycles. The predicted octanol–water partition coefficient (Wildman–Crippen LogP) is 2.99. The first-order valence-electron chi connectivity index (χ1n) is 8.39. The van der Waals surface area contributed by atoms with E-state index in [1.54, 1.807) is 30.3 Å². The maximum atomic E-state index is 13.2. The van der Waals surface area contributed by atoms with Crippen molar-refractivity contribution in [3.05, 3.63) is 65.7 Å². The number of nitrogens with one attached hydrogen (secondary N) is 1. The second-order valence-corrected chi connectivity index (χ2v) is 6.30. The van der Waals surface area contributed by atoms with Gasteiger partial charge in [0.25, 0.3) is 0 Å². The van der Waals surface area contributed by atoms with E-state index in [1.807, 2.05) is 18.2 Å². The minimum Gasteiger partial charge on any atom is -0.381 e. The van der Waals surface area contributed by atoms with E-state index in [4.69, 9.17) is 4.74 Å². The molecule has 1 aromatic carbocycles. The van der Waals surface area contributed by atoms with Gasteiger partial charge in [-0.3, -0.25) is 4.98 Å². The number of pyridine rings is 1. The van der Waals surface area contributed by atoms with Gasteiger partial charge in [-0.2, -0.15) is 0 Å². The SMILES string of the molecule is CN(C[C@@H]1CCOC1)C(=O)N[C@@H](c1ccc(F)cc1)c1ccccn1. The molecule has 6 heteroatoms. The van der Waals surface area contributed by atoms with Crippen LogP contribution in [0.3, 0.4) is 0 Å². The number of hydrogen-bond donors (Lipinski definition) is 1. The number of aromatic nitrogens is 1. The Balaban J connectivity index is 1.75. The van der Waals surface area contributed by atoms with Crippen LogP contribution in [-0.4, -0.2) is 42.7 Å². The first-order chi connectivity index (χ1) is 12.1. The third-order valence-corrected chi connectivity index (χ3v) is 4.36. The first-order valence-corrected chi connectivity index (χ1v) is 8.39. The molecule has 0 saturated carbocycles. The van der Waals surface area contributed by atoms with Crippen molar-refractivity contribution in [2.75, 3.05) is 26.8 Å². The van der Waals surface area contributed by atoms with Crippen LogP contribution < -0.4 is 5.32 Å². The topological polar surface area (TPSA) is 54.5 Å². The standard InChI is InChI=1S/C19H22FN3O2/c1-23(12-14-9-11-25-13-14)19(24)22-18(17-4-2-3-10-21-17)15-5-7-16(20)8-6-15/h2-8,10,14,18H,9,11-13H2,1H3,(H,22,24)/t14-,18-/m0/s1. The molecule has 1 fully saturated rings. The molecule has 0 unspecified atom stereocenters. The third kappa shape index (κ3) is 4.54. The van der Waals surface area contributed by atoms with E-state index in [0.29, 0.717) is 24.8 Å². The van der Waals surface area contributed by atoms with Crippen LogP contribution >= 0.6 is 0 Å². The minimum absolute atomic E-state index is 0.188. The molecule has 1 N–H and O–H groups in total. The third-order valence-electron chi connectivity index (χ3n) is 4.36. The molecule has 1 saturated heterocycles. The van der Waals surface area contributed by atoms with Crippen molar-refractivity contribution in [2.24, 2.45) is 5.92 Å². The summed E-state index contributed by atoms with van der Waals surface area (Å²) in [4.78, 5) is 18.6. The van der Waals surface area contributed by atoms with Crippen LogP contribution in [0.25, 0.3) is 0 Å². The number of carbonyl (C=O) groups excluding carboxylic acids is 1. The average Bonchev–Trinajstić information content (AvgIpc) is 3.14. The van der Waals surface area contributed by atoms with Crippen molar-refractivity contribution < 1.29 is 13.9 Å². The van der Waals surface area contributed by atoms with E-state index in [1.165, 1.54) is 12.1 Å². The van der Waals surface area contributed by atoms with Gasteiger partial charge in [-0.15, -0.1) is 0 Å². The maximum absolute atomic E-state index is 13.2. The Kier molecular flexibility index (Phi) is 5.60. The number of urea groups is 1. The average molecular weight is 343 g/mol. The summed E-state index contributed by atoms with van der Waals surface area (Å²) in [7, 11) is 1.77. The monoisotopic (exact) mass is 343 g/mol. The van der Waals surface area contributed by atoms with Gasteiger partial charge in [0, 0.05) is 32.3 Å². The highest BCUT2D eigenvalue weighted by molar-refractivity contribution is 5.75. The summed E-state index contributed by atoms with van der Waals surface area (Å²) in [5.41, 5.74) is 1.49.